The van der Waals surface area contributed by atoms with Gasteiger partial charge in [-0.1, -0.05) is 0 Å². The lowest BCUT2D eigenvalue weighted by Gasteiger charge is -2.31. The van der Waals surface area contributed by atoms with Crippen LogP contribution in [-0.2, 0) is 23.8 Å². The van der Waals surface area contributed by atoms with E-state index >= 15 is 0 Å². The average Bonchev–Trinajstić information content (AvgIpc) is 2.12. The molecule has 0 spiro atoms. The molecule has 106 valence electrons. The Labute approximate surface area is 109 Å². The normalized spacial score (nSPS) is 12.1. The zero-order valence-corrected chi connectivity index (χ0v) is 12.2. The van der Waals surface area contributed by atoms with E-state index in [2.05, 4.69) is 0 Å². The van der Waals surface area contributed by atoms with Gasteiger partial charge in [-0.2, -0.15) is 0 Å². The molecule has 18 heavy (non-hydrogen) atoms. The molecule has 0 rings (SSSR count). The molecule has 0 heterocycles. The first-order chi connectivity index (χ1) is 8.04. The highest BCUT2D eigenvalue weighted by Crippen LogP contribution is 2.19. The molecule has 5 nitrogen and oxygen atoms in total. The second-order valence-corrected chi connectivity index (χ2v) is 5.49. The third-order valence-electron chi connectivity index (χ3n) is 2.24. The molecule has 0 aromatic heterocycles. The highest BCUT2D eigenvalue weighted by Gasteiger charge is 2.27. The maximum Gasteiger partial charge on any atom is 0.303 e. The van der Waals surface area contributed by atoms with Crippen molar-refractivity contribution >= 4 is 11.9 Å². The Morgan fingerprint density at radius 1 is 0.944 bits per heavy atom. The summed E-state index contributed by atoms with van der Waals surface area (Å²) in [5.41, 5.74) is -1.10. The highest BCUT2D eigenvalue weighted by molar-refractivity contribution is 5.66. The molecule has 0 bridgehead atoms. The summed E-state index contributed by atoms with van der Waals surface area (Å²) in [5, 5.41) is 0. The smallest absolute Gasteiger partial charge is 0.303 e. The van der Waals surface area contributed by atoms with Gasteiger partial charge in [-0.3, -0.25) is 9.59 Å². The lowest BCUT2D eigenvalue weighted by molar-refractivity contribution is -0.167. The maximum absolute atomic E-state index is 10.9. The minimum Gasteiger partial charge on any atom is -0.466 e. The molecule has 5 heteroatoms. The summed E-state index contributed by atoms with van der Waals surface area (Å²) in [7, 11) is 0. The molecule has 0 radical (unpaired) electrons. The van der Waals surface area contributed by atoms with Crippen molar-refractivity contribution in [3.8, 4) is 0 Å². The van der Waals surface area contributed by atoms with E-state index in [1.54, 1.807) is 13.8 Å². The second-order valence-electron chi connectivity index (χ2n) is 5.49. The second kappa shape index (κ2) is 6.73. The number of rotatable bonds is 7. The highest BCUT2D eigenvalue weighted by atomic mass is 16.6. The van der Waals surface area contributed by atoms with Gasteiger partial charge in [0.2, 0.25) is 0 Å². The Hall–Kier alpha value is -1.10. The number of esters is 2. The van der Waals surface area contributed by atoms with E-state index in [1.807, 2.05) is 13.8 Å². The summed E-state index contributed by atoms with van der Waals surface area (Å²) in [4.78, 5) is 21.5. The molecular formula is C13H24O5. The van der Waals surface area contributed by atoms with Gasteiger partial charge in [0.1, 0.15) is 5.60 Å². The molecular weight excluding hydrogens is 236 g/mol. The molecule has 0 unspecified atom stereocenters. The predicted molar refractivity (Wildman–Crippen MR) is 67.1 cm³/mol. The summed E-state index contributed by atoms with van der Waals surface area (Å²) < 4.78 is 15.7. The standard InChI is InChI=1S/C13H24O5/c1-10(14)16-8-7-12(3,4)17-9-13(5,6)18-11(2)15/h7-9H2,1-6H3. The van der Waals surface area contributed by atoms with Gasteiger partial charge in [-0.05, 0) is 27.7 Å². The van der Waals surface area contributed by atoms with Crippen LogP contribution in [0.5, 0.6) is 0 Å². The van der Waals surface area contributed by atoms with Crippen molar-refractivity contribution in [1.29, 1.82) is 0 Å². The first kappa shape index (κ1) is 16.9. The van der Waals surface area contributed by atoms with Crippen LogP contribution in [0.4, 0.5) is 0 Å². The van der Waals surface area contributed by atoms with Gasteiger partial charge >= 0.3 is 11.9 Å². The number of carbonyl (C=O) groups is 2. The van der Waals surface area contributed by atoms with Crippen molar-refractivity contribution < 1.29 is 23.8 Å². The molecule has 0 aliphatic carbocycles. The Bertz CT molecular complexity index is 294. The van der Waals surface area contributed by atoms with Gasteiger partial charge in [0.15, 0.2) is 0 Å². The monoisotopic (exact) mass is 260 g/mol. The largest absolute Gasteiger partial charge is 0.466 e. The summed E-state index contributed by atoms with van der Waals surface area (Å²) in [5.74, 6) is -0.632. The van der Waals surface area contributed by atoms with E-state index in [1.165, 1.54) is 13.8 Å². The first-order valence-corrected chi connectivity index (χ1v) is 6.01. The summed E-state index contributed by atoms with van der Waals surface area (Å²) in [6.07, 6.45) is 0.586. The van der Waals surface area contributed by atoms with Crippen molar-refractivity contribution in [3.63, 3.8) is 0 Å². The van der Waals surface area contributed by atoms with E-state index in [0.29, 0.717) is 19.6 Å². The Morgan fingerprint density at radius 3 is 1.94 bits per heavy atom. The van der Waals surface area contributed by atoms with E-state index in [0.717, 1.165) is 0 Å². The molecule has 0 fully saturated rings. The molecule has 0 amide bonds. The average molecular weight is 260 g/mol. The van der Waals surface area contributed by atoms with Crippen molar-refractivity contribution in [3.05, 3.63) is 0 Å². The number of carbonyl (C=O) groups excluding carboxylic acids is 2. The quantitative estimate of drug-likeness (QED) is 0.656. The summed E-state index contributed by atoms with van der Waals surface area (Å²) in [6.45, 7) is 10.7. The van der Waals surface area contributed by atoms with Crippen LogP contribution in [0.25, 0.3) is 0 Å². The van der Waals surface area contributed by atoms with Crippen molar-refractivity contribution in [2.75, 3.05) is 13.2 Å². The molecule has 0 aliphatic heterocycles. The molecule has 0 saturated carbocycles. The van der Waals surface area contributed by atoms with Crippen LogP contribution >= 0.6 is 0 Å². The Morgan fingerprint density at radius 2 is 1.50 bits per heavy atom. The SMILES string of the molecule is CC(=O)OCCC(C)(C)OCC(C)(C)OC(C)=O. The minimum absolute atomic E-state index is 0.291. The van der Waals surface area contributed by atoms with Gasteiger partial charge < -0.3 is 14.2 Å². The number of hydrogen-bond donors (Lipinski definition) is 0. The zero-order chi connectivity index (χ0) is 14.4. The fraction of sp³-hybridized carbons (Fsp3) is 0.846. The van der Waals surface area contributed by atoms with Gasteiger partial charge in [0.05, 0.1) is 18.8 Å². The topological polar surface area (TPSA) is 61.8 Å². The van der Waals surface area contributed by atoms with Crippen molar-refractivity contribution in [1.82, 2.24) is 0 Å². The predicted octanol–water partition coefficient (Wildman–Crippen LogP) is 2.08. The van der Waals surface area contributed by atoms with E-state index in [-0.39, 0.29) is 11.9 Å². The van der Waals surface area contributed by atoms with Gasteiger partial charge in [0.25, 0.3) is 0 Å². The molecule has 0 aromatic carbocycles. The molecule has 0 saturated heterocycles. The Balaban J connectivity index is 4.08. The fourth-order valence-corrected chi connectivity index (χ4v) is 1.30. The van der Waals surface area contributed by atoms with E-state index in [9.17, 15) is 9.59 Å². The van der Waals surface area contributed by atoms with Crippen LogP contribution in [0.2, 0.25) is 0 Å². The third-order valence-corrected chi connectivity index (χ3v) is 2.24. The van der Waals surface area contributed by atoms with E-state index in [4.69, 9.17) is 14.2 Å². The van der Waals surface area contributed by atoms with Crippen LogP contribution in [0.15, 0.2) is 0 Å². The zero-order valence-electron chi connectivity index (χ0n) is 12.2. The molecule has 0 aliphatic rings. The maximum atomic E-state index is 10.9. The summed E-state index contributed by atoms with van der Waals surface area (Å²) >= 11 is 0. The lowest BCUT2D eigenvalue weighted by Crippen LogP contribution is -2.38. The van der Waals surface area contributed by atoms with E-state index < -0.39 is 11.2 Å². The lowest BCUT2D eigenvalue weighted by atomic mass is 10.0. The van der Waals surface area contributed by atoms with Gasteiger partial charge in [0, 0.05) is 20.3 Å². The molecule has 0 atom stereocenters. The third kappa shape index (κ3) is 8.98. The Kier molecular flexibility index (Phi) is 6.32. The minimum atomic E-state index is -0.662. The fourth-order valence-electron chi connectivity index (χ4n) is 1.30. The van der Waals surface area contributed by atoms with Crippen LogP contribution in [0.1, 0.15) is 48.0 Å². The molecule has 0 N–H and O–H groups in total. The first-order valence-electron chi connectivity index (χ1n) is 6.01. The number of hydrogen-bond acceptors (Lipinski definition) is 5. The number of ether oxygens (including phenoxy) is 3. The van der Waals surface area contributed by atoms with Crippen molar-refractivity contribution in [2.45, 2.75) is 59.2 Å². The van der Waals surface area contributed by atoms with Gasteiger partial charge in [-0.15, -0.1) is 0 Å². The van der Waals surface area contributed by atoms with Gasteiger partial charge in [-0.25, -0.2) is 0 Å². The van der Waals surface area contributed by atoms with Crippen LogP contribution in [-0.4, -0.2) is 36.4 Å². The molecule has 0 aromatic rings. The van der Waals surface area contributed by atoms with Crippen molar-refractivity contribution in [2.24, 2.45) is 0 Å². The summed E-state index contributed by atoms with van der Waals surface area (Å²) in [6, 6.07) is 0. The van der Waals surface area contributed by atoms with Crippen LogP contribution < -0.4 is 0 Å². The van der Waals surface area contributed by atoms with Crippen LogP contribution in [0, 0.1) is 0 Å². The van der Waals surface area contributed by atoms with Crippen LogP contribution in [0.3, 0.4) is 0 Å².